The quantitative estimate of drug-likeness (QED) is 0.601. The Bertz CT molecular complexity index is 993. The second-order valence-electron chi connectivity index (χ2n) is 5.98. The van der Waals surface area contributed by atoms with E-state index in [0.717, 1.165) is 5.75 Å². The molecule has 0 fully saturated rings. The van der Waals surface area contributed by atoms with E-state index in [1.807, 2.05) is 37.3 Å². The van der Waals surface area contributed by atoms with E-state index in [1.54, 1.807) is 48.5 Å². The summed E-state index contributed by atoms with van der Waals surface area (Å²) in [5.74, 6) is 2.18. The van der Waals surface area contributed by atoms with E-state index in [0.29, 0.717) is 35.1 Å². The Morgan fingerprint density at radius 3 is 2.17 bits per heavy atom. The molecule has 0 aliphatic rings. The van der Waals surface area contributed by atoms with Gasteiger partial charge in [0, 0.05) is 5.69 Å². The van der Waals surface area contributed by atoms with E-state index in [9.17, 15) is 4.79 Å². The fourth-order valence-electron chi connectivity index (χ4n) is 2.54. The molecule has 0 aliphatic carbocycles. The lowest BCUT2D eigenvalue weighted by Crippen LogP contribution is -2.20. The van der Waals surface area contributed by atoms with Gasteiger partial charge in [-0.15, -0.1) is 0 Å². The summed E-state index contributed by atoms with van der Waals surface area (Å²) in [7, 11) is 0. The van der Waals surface area contributed by atoms with Crippen molar-refractivity contribution in [2.45, 2.75) is 6.92 Å². The summed E-state index contributed by atoms with van der Waals surface area (Å²) in [6.45, 7) is 2.36. The fraction of sp³-hybridized carbons (Fsp3) is 0.130. The molecule has 146 valence electrons. The average molecular weight is 388 g/mol. The van der Waals surface area contributed by atoms with Gasteiger partial charge in [-0.05, 0) is 67.6 Å². The van der Waals surface area contributed by atoms with Crippen LogP contribution >= 0.6 is 0 Å². The van der Waals surface area contributed by atoms with Crippen molar-refractivity contribution < 1.29 is 19.0 Å². The first-order chi connectivity index (χ1) is 14.2. The molecule has 0 heterocycles. The smallest absolute Gasteiger partial charge is 0.262 e. The zero-order valence-electron chi connectivity index (χ0n) is 15.9. The van der Waals surface area contributed by atoms with Crippen LogP contribution in [0.2, 0.25) is 0 Å². The van der Waals surface area contributed by atoms with Gasteiger partial charge in [0.2, 0.25) is 0 Å². The van der Waals surface area contributed by atoms with Crippen LogP contribution in [-0.4, -0.2) is 19.1 Å². The number of rotatable bonds is 8. The zero-order chi connectivity index (χ0) is 20.5. The van der Waals surface area contributed by atoms with Crippen molar-refractivity contribution in [1.29, 1.82) is 5.26 Å². The average Bonchev–Trinajstić information content (AvgIpc) is 2.75. The van der Waals surface area contributed by atoms with Crippen LogP contribution < -0.4 is 19.5 Å². The Hall–Kier alpha value is -3.98. The van der Waals surface area contributed by atoms with Crippen LogP contribution in [-0.2, 0) is 4.79 Å². The number of carbonyl (C=O) groups excluding carboxylic acids is 1. The van der Waals surface area contributed by atoms with Crippen molar-refractivity contribution >= 4 is 11.6 Å². The van der Waals surface area contributed by atoms with E-state index in [2.05, 4.69) is 5.32 Å². The Labute approximate surface area is 169 Å². The van der Waals surface area contributed by atoms with E-state index in [-0.39, 0.29) is 12.5 Å². The maximum absolute atomic E-state index is 12.1. The lowest BCUT2D eigenvalue weighted by molar-refractivity contribution is -0.118. The van der Waals surface area contributed by atoms with Crippen LogP contribution in [0.5, 0.6) is 23.0 Å². The molecule has 0 radical (unpaired) electrons. The Kier molecular flexibility index (Phi) is 6.69. The first kappa shape index (κ1) is 19.8. The first-order valence-corrected chi connectivity index (χ1v) is 9.10. The van der Waals surface area contributed by atoms with Gasteiger partial charge in [0.1, 0.15) is 29.1 Å². The topological polar surface area (TPSA) is 80.6 Å². The maximum atomic E-state index is 12.1. The SMILES string of the molecule is CCOc1ccc(Oc2ccc(NC(=O)COc3ccccc3C#N)cc2)cc1. The molecule has 3 aromatic carbocycles. The molecule has 0 spiro atoms. The molecule has 0 unspecified atom stereocenters. The second kappa shape index (κ2) is 9.81. The number of anilines is 1. The molecule has 0 aromatic heterocycles. The molecule has 1 N–H and O–H groups in total. The number of hydrogen-bond donors (Lipinski definition) is 1. The first-order valence-electron chi connectivity index (χ1n) is 9.10. The number of hydrogen-bond acceptors (Lipinski definition) is 5. The van der Waals surface area contributed by atoms with Gasteiger partial charge in [-0.3, -0.25) is 4.79 Å². The highest BCUT2D eigenvalue weighted by atomic mass is 16.5. The molecule has 0 bridgehead atoms. The zero-order valence-corrected chi connectivity index (χ0v) is 15.9. The molecular weight excluding hydrogens is 368 g/mol. The second-order valence-corrected chi connectivity index (χ2v) is 5.98. The molecule has 6 heteroatoms. The number of nitrogens with one attached hydrogen (secondary N) is 1. The minimum atomic E-state index is -0.321. The third-order valence-electron chi connectivity index (χ3n) is 3.87. The number of carbonyl (C=O) groups is 1. The Morgan fingerprint density at radius 1 is 0.897 bits per heavy atom. The number of nitriles is 1. The minimum absolute atomic E-state index is 0.191. The highest BCUT2D eigenvalue weighted by molar-refractivity contribution is 5.91. The summed E-state index contributed by atoms with van der Waals surface area (Å²) in [6.07, 6.45) is 0. The van der Waals surface area contributed by atoms with Crippen LogP contribution in [0.4, 0.5) is 5.69 Å². The summed E-state index contributed by atoms with van der Waals surface area (Å²) in [6, 6.07) is 23.2. The lowest BCUT2D eigenvalue weighted by Gasteiger charge is -2.10. The predicted molar refractivity (Wildman–Crippen MR) is 109 cm³/mol. The highest BCUT2D eigenvalue weighted by Crippen LogP contribution is 2.25. The molecule has 3 aromatic rings. The van der Waals surface area contributed by atoms with Crippen molar-refractivity contribution in [3.8, 4) is 29.1 Å². The number of amides is 1. The molecule has 0 atom stereocenters. The highest BCUT2D eigenvalue weighted by Gasteiger charge is 2.07. The summed E-state index contributed by atoms with van der Waals surface area (Å²) in [4.78, 5) is 12.1. The van der Waals surface area contributed by atoms with Gasteiger partial charge < -0.3 is 19.5 Å². The van der Waals surface area contributed by atoms with Gasteiger partial charge in [0.05, 0.1) is 12.2 Å². The Balaban J connectivity index is 1.52. The van der Waals surface area contributed by atoms with E-state index in [1.165, 1.54) is 0 Å². The fourth-order valence-corrected chi connectivity index (χ4v) is 2.54. The van der Waals surface area contributed by atoms with Crippen LogP contribution in [0.25, 0.3) is 0 Å². The molecule has 1 amide bonds. The van der Waals surface area contributed by atoms with E-state index >= 15 is 0 Å². The van der Waals surface area contributed by atoms with E-state index < -0.39 is 0 Å². The van der Waals surface area contributed by atoms with Crippen molar-refractivity contribution in [2.24, 2.45) is 0 Å². The van der Waals surface area contributed by atoms with Crippen molar-refractivity contribution in [3.63, 3.8) is 0 Å². The van der Waals surface area contributed by atoms with E-state index in [4.69, 9.17) is 19.5 Å². The standard InChI is InChI=1S/C23H20N2O4/c1-2-27-19-11-13-21(14-12-19)29-20-9-7-18(8-10-20)25-23(26)16-28-22-6-4-3-5-17(22)15-24/h3-14H,2,16H2,1H3,(H,25,26). The van der Waals surface area contributed by atoms with Gasteiger partial charge in [-0.2, -0.15) is 5.26 Å². The summed E-state index contributed by atoms with van der Waals surface area (Å²) >= 11 is 0. The molecule has 29 heavy (non-hydrogen) atoms. The number of para-hydroxylation sites is 1. The third-order valence-corrected chi connectivity index (χ3v) is 3.87. The number of ether oxygens (including phenoxy) is 3. The predicted octanol–water partition coefficient (Wildman–Crippen LogP) is 4.77. The van der Waals surface area contributed by atoms with Gasteiger partial charge in [0.25, 0.3) is 5.91 Å². The monoisotopic (exact) mass is 388 g/mol. The Morgan fingerprint density at radius 2 is 1.52 bits per heavy atom. The number of benzene rings is 3. The molecule has 3 rings (SSSR count). The normalized spacial score (nSPS) is 9.93. The van der Waals surface area contributed by atoms with Crippen LogP contribution in [0.1, 0.15) is 12.5 Å². The number of nitrogens with zero attached hydrogens (tertiary/aromatic N) is 1. The van der Waals surface area contributed by atoms with Crippen LogP contribution in [0.15, 0.2) is 72.8 Å². The van der Waals surface area contributed by atoms with Crippen molar-refractivity contribution in [2.75, 3.05) is 18.5 Å². The maximum Gasteiger partial charge on any atom is 0.262 e. The minimum Gasteiger partial charge on any atom is -0.494 e. The van der Waals surface area contributed by atoms with Crippen molar-refractivity contribution in [1.82, 2.24) is 0 Å². The molecule has 6 nitrogen and oxygen atoms in total. The third kappa shape index (κ3) is 5.75. The van der Waals surface area contributed by atoms with Crippen LogP contribution in [0.3, 0.4) is 0 Å². The van der Waals surface area contributed by atoms with Crippen LogP contribution in [0, 0.1) is 11.3 Å². The van der Waals surface area contributed by atoms with Gasteiger partial charge in [0.15, 0.2) is 6.61 Å². The largest absolute Gasteiger partial charge is 0.494 e. The molecular formula is C23H20N2O4. The molecule has 0 saturated carbocycles. The van der Waals surface area contributed by atoms with Gasteiger partial charge >= 0.3 is 0 Å². The summed E-state index contributed by atoms with van der Waals surface area (Å²) in [5.41, 5.74) is 1.00. The summed E-state index contributed by atoms with van der Waals surface area (Å²) < 4.78 is 16.6. The van der Waals surface area contributed by atoms with Crippen molar-refractivity contribution in [3.05, 3.63) is 78.4 Å². The molecule has 0 aliphatic heterocycles. The van der Waals surface area contributed by atoms with Gasteiger partial charge in [-0.1, -0.05) is 12.1 Å². The lowest BCUT2D eigenvalue weighted by atomic mass is 10.2. The van der Waals surface area contributed by atoms with Gasteiger partial charge in [-0.25, -0.2) is 0 Å². The molecule has 0 saturated heterocycles. The summed E-state index contributed by atoms with van der Waals surface area (Å²) in [5, 5.41) is 11.8.